The molecule has 0 aromatic heterocycles. The van der Waals surface area contributed by atoms with Gasteiger partial charge in [-0.2, -0.15) is 0 Å². The first-order chi connectivity index (χ1) is 11.7. The van der Waals surface area contributed by atoms with E-state index in [0.29, 0.717) is 0 Å². The molecular weight excluding hydrogens is 290 g/mol. The predicted molar refractivity (Wildman–Crippen MR) is 112 cm³/mol. The van der Waals surface area contributed by atoms with E-state index >= 15 is 0 Å². The van der Waals surface area contributed by atoms with E-state index in [2.05, 4.69) is 32.7 Å². The van der Waals surface area contributed by atoms with Crippen molar-refractivity contribution in [2.45, 2.75) is 136 Å². The molecule has 1 atom stereocenters. The normalized spacial score (nSPS) is 12.9. The largest absolute Gasteiger partial charge is 0.304 e. The van der Waals surface area contributed by atoms with Crippen LogP contribution in [0.3, 0.4) is 0 Å². The zero-order valence-electron chi connectivity index (χ0n) is 17.8. The summed E-state index contributed by atoms with van der Waals surface area (Å²) in [5.41, 5.74) is 0. The smallest absolute Gasteiger partial charge is 0.00638 e. The first-order valence-electron chi connectivity index (χ1n) is 11.4. The van der Waals surface area contributed by atoms with Gasteiger partial charge in [-0.15, -0.1) is 0 Å². The summed E-state index contributed by atoms with van der Waals surface area (Å²) in [5.74, 6) is 0. The minimum Gasteiger partial charge on any atom is -0.304 e. The highest BCUT2D eigenvalue weighted by Gasteiger charge is 2.07. The molecule has 0 fully saturated rings. The van der Waals surface area contributed by atoms with Crippen molar-refractivity contribution in [2.75, 3.05) is 13.6 Å². The highest BCUT2D eigenvalue weighted by Crippen LogP contribution is 2.13. The molecule has 24 heavy (non-hydrogen) atoms. The molecule has 0 aromatic carbocycles. The van der Waals surface area contributed by atoms with Crippen LogP contribution in [0.4, 0.5) is 0 Å². The van der Waals surface area contributed by atoms with Crippen LogP contribution < -0.4 is 0 Å². The summed E-state index contributed by atoms with van der Waals surface area (Å²) < 4.78 is 0. The quantitative estimate of drug-likeness (QED) is 0.216. The monoisotopic (exact) mass is 339 g/mol. The molecule has 146 valence electrons. The van der Waals surface area contributed by atoms with E-state index in [1.165, 1.54) is 116 Å². The van der Waals surface area contributed by atoms with E-state index < -0.39 is 0 Å². The van der Waals surface area contributed by atoms with Crippen LogP contribution in [0.15, 0.2) is 0 Å². The van der Waals surface area contributed by atoms with E-state index in [9.17, 15) is 0 Å². The second-order valence-electron chi connectivity index (χ2n) is 8.07. The Morgan fingerprint density at radius 2 is 0.917 bits per heavy atom. The number of rotatable bonds is 19. The third-order valence-electron chi connectivity index (χ3n) is 5.59. The summed E-state index contributed by atoms with van der Waals surface area (Å²) in [6, 6.07) is 0.773. The van der Waals surface area contributed by atoms with Crippen molar-refractivity contribution in [2.24, 2.45) is 0 Å². The van der Waals surface area contributed by atoms with Gasteiger partial charge in [0.15, 0.2) is 0 Å². The van der Waals surface area contributed by atoms with Crippen LogP contribution in [-0.4, -0.2) is 24.5 Å². The van der Waals surface area contributed by atoms with E-state index in [1.54, 1.807) is 0 Å². The van der Waals surface area contributed by atoms with Gasteiger partial charge in [0, 0.05) is 6.04 Å². The maximum Gasteiger partial charge on any atom is 0.00638 e. The number of hydrogen-bond acceptors (Lipinski definition) is 1. The fraction of sp³-hybridized carbons (Fsp3) is 1.00. The molecule has 0 aromatic rings. The molecule has 1 nitrogen and oxygen atoms in total. The Bertz CT molecular complexity index is 226. The molecule has 0 aliphatic heterocycles. The standard InChI is InChI=1S/C23H49N/c1-5-7-9-11-12-13-14-15-16-17-18-20-22-24(4)23(3)21-19-10-8-6-2/h23H,5-22H2,1-4H3. The highest BCUT2D eigenvalue weighted by molar-refractivity contribution is 4.63. The van der Waals surface area contributed by atoms with Crippen LogP contribution in [0.25, 0.3) is 0 Å². The summed E-state index contributed by atoms with van der Waals surface area (Å²) in [6.45, 7) is 8.30. The summed E-state index contributed by atoms with van der Waals surface area (Å²) in [6.07, 6.45) is 24.4. The fourth-order valence-corrected chi connectivity index (χ4v) is 3.51. The van der Waals surface area contributed by atoms with E-state index in [1.807, 2.05) is 0 Å². The molecule has 0 rings (SSSR count). The van der Waals surface area contributed by atoms with Crippen molar-refractivity contribution in [3.63, 3.8) is 0 Å². The van der Waals surface area contributed by atoms with Gasteiger partial charge < -0.3 is 4.90 Å². The zero-order chi connectivity index (χ0) is 17.9. The van der Waals surface area contributed by atoms with Crippen LogP contribution in [-0.2, 0) is 0 Å². The molecule has 1 heteroatoms. The van der Waals surface area contributed by atoms with Gasteiger partial charge in [0.1, 0.15) is 0 Å². The average molecular weight is 340 g/mol. The Labute approximate surface area is 155 Å². The van der Waals surface area contributed by atoms with E-state index in [-0.39, 0.29) is 0 Å². The minimum atomic E-state index is 0.773. The SMILES string of the molecule is CCCCCCCCCCCCCCN(C)C(C)CCCCCC. The fourth-order valence-electron chi connectivity index (χ4n) is 3.51. The minimum absolute atomic E-state index is 0.773. The van der Waals surface area contributed by atoms with Gasteiger partial charge in [0.25, 0.3) is 0 Å². The first kappa shape index (κ1) is 24.0. The van der Waals surface area contributed by atoms with Crippen molar-refractivity contribution in [3.8, 4) is 0 Å². The third-order valence-corrected chi connectivity index (χ3v) is 5.59. The molecule has 1 unspecified atom stereocenters. The van der Waals surface area contributed by atoms with Crippen LogP contribution in [0.2, 0.25) is 0 Å². The number of hydrogen-bond donors (Lipinski definition) is 0. The lowest BCUT2D eigenvalue weighted by Gasteiger charge is -2.24. The Balaban J connectivity index is 3.25. The molecule has 0 saturated carbocycles. The Kier molecular flexibility index (Phi) is 19.3. The third kappa shape index (κ3) is 16.8. The maximum atomic E-state index is 2.59. The Hall–Kier alpha value is -0.0400. The molecule has 0 saturated heterocycles. The Morgan fingerprint density at radius 3 is 1.38 bits per heavy atom. The molecule has 0 aliphatic carbocycles. The molecule has 0 bridgehead atoms. The number of nitrogens with zero attached hydrogens (tertiary/aromatic N) is 1. The van der Waals surface area contributed by atoms with Gasteiger partial charge in [0.2, 0.25) is 0 Å². The van der Waals surface area contributed by atoms with Gasteiger partial charge in [-0.3, -0.25) is 0 Å². The van der Waals surface area contributed by atoms with Crippen LogP contribution in [0.5, 0.6) is 0 Å². The van der Waals surface area contributed by atoms with Gasteiger partial charge in [0.05, 0.1) is 0 Å². The van der Waals surface area contributed by atoms with Crippen molar-refractivity contribution in [1.82, 2.24) is 4.90 Å². The van der Waals surface area contributed by atoms with Crippen molar-refractivity contribution >= 4 is 0 Å². The topological polar surface area (TPSA) is 3.24 Å². The van der Waals surface area contributed by atoms with Crippen LogP contribution >= 0.6 is 0 Å². The maximum absolute atomic E-state index is 2.59. The van der Waals surface area contributed by atoms with Gasteiger partial charge >= 0.3 is 0 Å². The lowest BCUT2D eigenvalue weighted by Crippen LogP contribution is -2.29. The Morgan fingerprint density at radius 1 is 0.542 bits per heavy atom. The zero-order valence-corrected chi connectivity index (χ0v) is 17.8. The van der Waals surface area contributed by atoms with Crippen molar-refractivity contribution in [3.05, 3.63) is 0 Å². The van der Waals surface area contributed by atoms with Gasteiger partial charge in [-0.1, -0.05) is 110 Å². The first-order valence-corrected chi connectivity index (χ1v) is 11.4. The lowest BCUT2D eigenvalue weighted by atomic mass is 10.0. The van der Waals surface area contributed by atoms with Crippen molar-refractivity contribution in [1.29, 1.82) is 0 Å². The lowest BCUT2D eigenvalue weighted by molar-refractivity contribution is 0.236. The summed E-state index contributed by atoms with van der Waals surface area (Å²) >= 11 is 0. The second kappa shape index (κ2) is 19.3. The van der Waals surface area contributed by atoms with Gasteiger partial charge in [-0.05, 0) is 33.4 Å². The van der Waals surface area contributed by atoms with E-state index in [4.69, 9.17) is 0 Å². The molecule has 0 N–H and O–H groups in total. The molecule has 0 heterocycles. The molecule has 0 radical (unpaired) electrons. The summed E-state index contributed by atoms with van der Waals surface area (Å²) in [7, 11) is 2.32. The molecule has 0 aliphatic rings. The second-order valence-corrected chi connectivity index (χ2v) is 8.07. The molecular formula is C23H49N. The summed E-state index contributed by atoms with van der Waals surface area (Å²) in [5, 5.41) is 0. The number of unbranched alkanes of at least 4 members (excludes halogenated alkanes) is 14. The van der Waals surface area contributed by atoms with Crippen LogP contribution in [0, 0.1) is 0 Å². The highest BCUT2D eigenvalue weighted by atomic mass is 15.1. The molecule has 0 amide bonds. The van der Waals surface area contributed by atoms with Gasteiger partial charge in [-0.25, -0.2) is 0 Å². The van der Waals surface area contributed by atoms with Crippen molar-refractivity contribution < 1.29 is 0 Å². The van der Waals surface area contributed by atoms with E-state index in [0.717, 1.165) is 6.04 Å². The average Bonchev–Trinajstić information content (AvgIpc) is 2.59. The predicted octanol–water partition coefficient (Wildman–Crippen LogP) is 7.98. The summed E-state index contributed by atoms with van der Waals surface area (Å²) in [4.78, 5) is 2.59. The van der Waals surface area contributed by atoms with Crippen LogP contribution in [0.1, 0.15) is 130 Å². The molecule has 0 spiro atoms.